The molecule has 5 heterocycles. The van der Waals surface area contributed by atoms with Gasteiger partial charge in [0.05, 0.1) is 24.7 Å². The maximum atomic E-state index is 16.8. The van der Waals surface area contributed by atoms with Crippen LogP contribution in [0.25, 0.3) is 10.1 Å². The number of carbonyl (C=O) groups excluding carboxylic acids is 4. The fraction of sp³-hybridized carbons (Fsp3) is 0.538. The van der Waals surface area contributed by atoms with Crippen molar-refractivity contribution in [2.75, 3.05) is 39.5 Å². The molecule has 8 atom stereocenters. The number of amides is 3. The van der Waals surface area contributed by atoms with E-state index in [2.05, 4.69) is 58.3 Å². The zero-order valence-electron chi connectivity index (χ0n) is 39.6. The first-order valence-electron chi connectivity index (χ1n) is 24.5. The summed E-state index contributed by atoms with van der Waals surface area (Å²) in [7, 11) is -4.47. The van der Waals surface area contributed by atoms with Gasteiger partial charge in [-0.25, -0.2) is 9.48 Å². The number of alkyl halides is 1. The number of likely N-dealkylation sites (tertiary alicyclic amines) is 1. The number of halogens is 1. The van der Waals surface area contributed by atoms with Crippen LogP contribution in [0, 0.1) is 5.41 Å². The molecule has 1 saturated carbocycles. The predicted octanol–water partition coefficient (Wildman–Crippen LogP) is 8.99. The van der Waals surface area contributed by atoms with E-state index in [9.17, 15) is 18.9 Å². The summed E-state index contributed by atoms with van der Waals surface area (Å²) >= 11 is 1.21. The van der Waals surface area contributed by atoms with Gasteiger partial charge in [0.15, 0.2) is 0 Å². The van der Waals surface area contributed by atoms with Gasteiger partial charge in [-0.15, -0.1) is 11.3 Å². The van der Waals surface area contributed by atoms with Crippen molar-refractivity contribution in [3.05, 3.63) is 101 Å². The van der Waals surface area contributed by atoms with Crippen LogP contribution in [-0.2, 0) is 28.4 Å². The minimum Gasteiger partial charge on any atom is -0.465 e. The Morgan fingerprint density at radius 1 is 0.985 bits per heavy atom. The van der Waals surface area contributed by atoms with Crippen LogP contribution in [0.15, 0.2) is 84.9 Å². The fourth-order valence-corrected chi connectivity index (χ4v) is 13.9. The molecule has 13 nitrogen and oxygen atoms in total. The number of nitrogens with zero attached hydrogens (tertiary/aromatic N) is 3. The fourth-order valence-electron chi connectivity index (χ4n) is 11.1. The van der Waals surface area contributed by atoms with Crippen LogP contribution in [-0.4, -0.2) is 114 Å². The highest BCUT2D eigenvalue weighted by Gasteiger charge is 2.59. The van der Waals surface area contributed by atoms with E-state index in [-0.39, 0.29) is 58.7 Å². The van der Waals surface area contributed by atoms with Gasteiger partial charge in [-0.2, -0.15) is 0 Å². The Labute approximate surface area is 402 Å². The van der Waals surface area contributed by atoms with E-state index in [0.29, 0.717) is 60.4 Å². The van der Waals surface area contributed by atoms with Crippen molar-refractivity contribution in [3.63, 3.8) is 0 Å². The Bertz CT molecular complexity index is 2520. The van der Waals surface area contributed by atoms with Gasteiger partial charge in [0.2, 0.25) is 17.7 Å². The quantitative estimate of drug-likeness (QED) is 0.0777. The number of para-hydroxylation sites is 1. The van der Waals surface area contributed by atoms with Crippen LogP contribution in [0.2, 0.25) is 0 Å². The average Bonchev–Trinajstić information content (AvgIpc) is 3.60. The Morgan fingerprint density at radius 2 is 1.72 bits per heavy atom. The Morgan fingerprint density at radius 3 is 2.40 bits per heavy atom. The summed E-state index contributed by atoms with van der Waals surface area (Å²) in [5, 5.41) is 6.28. The molecule has 5 fully saturated rings. The van der Waals surface area contributed by atoms with Gasteiger partial charge in [0.1, 0.15) is 23.9 Å². The molecule has 364 valence electrons. The maximum Gasteiger partial charge on any atom is 0.355 e. The molecular weight excluding hydrogens is 905 g/mol. The van der Waals surface area contributed by atoms with Gasteiger partial charge in [0, 0.05) is 46.7 Å². The van der Waals surface area contributed by atoms with Crippen LogP contribution in [0.3, 0.4) is 0 Å². The first kappa shape index (κ1) is 48.4. The smallest absolute Gasteiger partial charge is 0.355 e. The lowest BCUT2D eigenvalue weighted by Crippen LogP contribution is -2.59. The van der Waals surface area contributed by atoms with Crippen molar-refractivity contribution in [1.82, 2.24) is 25.1 Å². The number of ether oxygens (including phenoxy) is 2. The lowest BCUT2D eigenvalue weighted by Gasteiger charge is -2.46. The summed E-state index contributed by atoms with van der Waals surface area (Å²) in [4.78, 5) is 63.9. The number of esters is 1. The molecule has 16 heteroatoms. The van der Waals surface area contributed by atoms with Gasteiger partial charge in [-0.3, -0.25) is 28.6 Å². The molecule has 5 aliphatic rings. The maximum absolute atomic E-state index is 16.8. The molecule has 4 aromatic rings. The molecular formula is C52H65FN5O8PS. The van der Waals surface area contributed by atoms with Crippen LogP contribution in [0.5, 0.6) is 5.75 Å². The van der Waals surface area contributed by atoms with Gasteiger partial charge in [-0.1, -0.05) is 75.4 Å². The van der Waals surface area contributed by atoms with Crippen LogP contribution >= 0.6 is 18.9 Å². The van der Waals surface area contributed by atoms with Gasteiger partial charge in [-0.05, 0) is 118 Å². The molecule has 9 rings (SSSR count). The molecule has 0 bridgehead atoms. The van der Waals surface area contributed by atoms with E-state index in [4.69, 9.17) is 14.0 Å². The molecule has 2 N–H and O–H groups in total. The van der Waals surface area contributed by atoms with Crippen LogP contribution in [0.1, 0.15) is 118 Å². The Kier molecular flexibility index (Phi) is 14.2. The van der Waals surface area contributed by atoms with E-state index in [1.54, 1.807) is 42.5 Å². The standard InChI is InChI=1S/C52H65FN5O8PS/c1-5-25-65-50(62)34(3)55-67(63,66-41-15-11-8-12-16-41)46(53)36-17-22-44-37(26-36)27-45(68-44)47(59)54-42-20-18-39(56(6-2)31-51(4)32-64-33-51)28-40-19-21-43(58(40)48(42)60)49(61)57-30-38(29-52(57)23-24-52)35-13-9-7-10-14-35/h7-17,22,26-27,34,38-40,42-43,46H,5-6,18-21,23-25,28-33H2,1-4H3,(H,54,59)(H,55,63)/t34-,38+,39-,40+,42-,43-,46+,67?/m0/s1. The first-order valence-corrected chi connectivity index (χ1v) is 27.0. The van der Waals surface area contributed by atoms with E-state index in [1.165, 1.54) is 36.0 Å². The van der Waals surface area contributed by atoms with E-state index in [1.807, 2.05) is 17.9 Å². The number of carbonyl (C=O) groups is 4. The minimum absolute atomic E-state index is 0.0248. The molecule has 3 amide bonds. The molecule has 4 saturated heterocycles. The van der Waals surface area contributed by atoms with E-state index in [0.717, 1.165) is 45.2 Å². The van der Waals surface area contributed by atoms with E-state index < -0.39 is 43.4 Å². The van der Waals surface area contributed by atoms with Crippen LogP contribution < -0.4 is 14.9 Å². The number of fused-ring (bicyclic) bond motifs is 2. The molecule has 3 aromatic carbocycles. The van der Waals surface area contributed by atoms with Crippen molar-refractivity contribution in [2.24, 2.45) is 5.41 Å². The number of thiophene rings is 1. The molecule has 1 spiro atoms. The SMILES string of the molecule is CCCOC(=O)[C@H](C)NP(=O)(Oc1ccccc1)[C@@H](F)c1ccc2sc(C(=O)N[C@H]3CC[C@H](N(CC)CC4(C)COC4)C[C@H]4CC[C@@H](C(=O)N5C[C@H](c6ccccc6)CC56CC6)N4C3=O)cc2c1. The summed E-state index contributed by atoms with van der Waals surface area (Å²) in [6.45, 7) is 11.6. The Hall–Kier alpha value is -4.66. The number of nitrogens with one attached hydrogen (secondary N) is 2. The molecule has 0 radical (unpaired) electrons. The zero-order chi connectivity index (χ0) is 47.8. The lowest BCUT2D eigenvalue weighted by molar-refractivity contribution is -0.149. The molecule has 1 unspecified atom stereocenters. The van der Waals surface area contributed by atoms with Gasteiger partial charge < -0.3 is 29.1 Å². The van der Waals surface area contributed by atoms with Gasteiger partial charge in [0.25, 0.3) is 5.91 Å². The lowest BCUT2D eigenvalue weighted by atomic mass is 9.86. The van der Waals surface area contributed by atoms with Crippen molar-refractivity contribution >= 4 is 52.6 Å². The van der Waals surface area contributed by atoms with E-state index >= 15 is 9.18 Å². The summed E-state index contributed by atoms with van der Waals surface area (Å²) < 4.78 is 48.6. The largest absolute Gasteiger partial charge is 0.465 e. The third kappa shape index (κ3) is 10.0. The number of rotatable bonds is 17. The highest BCUT2D eigenvalue weighted by molar-refractivity contribution is 7.57. The van der Waals surface area contributed by atoms with Crippen molar-refractivity contribution in [1.29, 1.82) is 0 Å². The molecule has 1 aliphatic carbocycles. The third-order valence-corrected chi connectivity index (χ3v) is 18.1. The normalized spacial score (nSPS) is 25.7. The van der Waals surface area contributed by atoms with Crippen molar-refractivity contribution in [2.45, 2.75) is 133 Å². The second-order valence-corrected chi connectivity index (χ2v) is 23.3. The number of hydrogen-bond acceptors (Lipinski definition) is 10. The summed E-state index contributed by atoms with van der Waals surface area (Å²) in [6, 6.07) is 22.3. The second-order valence-electron chi connectivity index (χ2n) is 20.1. The summed E-state index contributed by atoms with van der Waals surface area (Å²) in [5.41, 5.74) is 1.15. The molecule has 4 aliphatic heterocycles. The molecule has 1 aromatic heterocycles. The van der Waals surface area contributed by atoms with Crippen LogP contribution in [0.4, 0.5) is 4.39 Å². The van der Waals surface area contributed by atoms with Gasteiger partial charge >= 0.3 is 13.5 Å². The van der Waals surface area contributed by atoms with Crippen molar-refractivity contribution < 1.29 is 42.1 Å². The first-order chi connectivity index (χ1) is 32.7. The Balaban J connectivity index is 0.962. The highest BCUT2D eigenvalue weighted by atomic mass is 32.1. The third-order valence-electron chi connectivity index (χ3n) is 14.9. The minimum atomic E-state index is -4.47. The number of hydrogen-bond donors (Lipinski definition) is 2. The predicted molar refractivity (Wildman–Crippen MR) is 260 cm³/mol. The van der Waals surface area contributed by atoms with Crippen molar-refractivity contribution in [3.8, 4) is 5.75 Å². The summed E-state index contributed by atoms with van der Waals surface area (Å²) in [6.07, 6.45) is 6.60. The summed E-state index contributed by atoms with van der Waals surface area (Å²) in [5.74, 6) is -3.11. The highest BCUT2D eigenvalue weighted by Crippen LogP contribution is 2.58. The zero-order valence-corrected chi connectivity index (χ0v) is 41.3. The monoisotopic (exact) mass is 969 g/mol. The number of benzene rings is 3. The molecule has 68 heavy (non-hydrogen) atoms. The average molecular weight is 970 g/mol. The topological polar surface area (TPSA) is 147 Å². The second kappa shape index (κ2) is 20.0.